The summed E-state index contributed by atoms with van der Waals surface area (Å²) in [6.07, 6.45) is 3.56. The second-order valence-corrected chi connectivity index (χ2v) is 5.36. The Bertz CT molecular complexity index is 443. The zero-order valence-electron chi connectivity index (χ0n) is 11.2. The van der Waals surface area contributed by atoms with E-state index < -0.39 is 5.97 Å². The largest absolute Gasteiger partial charge is 0.465 e. The molecule has 19 heavy (non-hydrogen) atoms. The Kier molecular flexibility index (Phi) is 4.60. The summed E-state index contributed by atoms with van der Waals surface area (Å²) >= 11 is 1.21. The van der Waals surface area contributed by atoms with Gasteiger partial charge in [-0.3, -0.25) is 0 Å². The molecule has 6 nitrogen and oxygen atoms in total. The number of nitrogens with two attached hydrogens (primary N) is 1. The Hall–Kier alpha value is -1.34. The number of hydrogen-bond acceptors (Lipinski definition) is 7. The molecule has 1 aromatic heterocycles. The van der Waals surface area contributed by atoms with Gasteiger partial charge in [-0.05, 0) is 30.8 Å². The molecule has 0 bridgehead atoms. The fourth-order valence-corrected chi connectivity index (χ4v) is 2.96. The van der Waals surface area contributed by atoms with Gasteiger partial charge in [-0.25, -0.2) is 4.79 Å². The van der Waals surface area contributed by atoms with E-state index in [1.165, 1.54) is 25.1 Å². The van der Waals surface area contributed by atoms with E-state index in [2.05, 4.69) is 4.37 Å². The van der Waals surface area contributed by atoms with Crippen molar-refractivity contribution < 1.29 is 14.3 Å². The van der Waals surface area contributed by atoms with Gasteiger partial charge in [-0.1, -0.05) is 0 Å². The van der Waals surface area contributed by atoms with Crippen LogP contribution in [0.4, 0.5) is 10.8 Å². The van der Waals surface area contributed by atoms with Crippen LogP contribution < -0.4 is 10.6 Å². The van der Waals surface area contributed by atoms with Crippen molar-refractivity contribution in [3.05, 3.63) is 5.56 Å². The number of likely N-dealkylation sites (N-methyl/N-ethyl adjacent to an activating group) is 1. The highest BCUT2D eigenvalue weighted by atomic mass is 32.1. The summed E-state index contributed by atoms with van der Waals surface area (Å²) in [6, 6.07) is 0. The van der Waals surface area contributed by atoms with Crippen molar-refractivity contribution >= 4 is 28.3 Å². The van der Waals surface area contributed by atoms with Crippen LogP contribution >= 0.6 is 11.5 Å². The monoisotopic (exact) mass is 285 g/mol. The van der Waals surface area contributed by atoms with Gasteiger partial charge in [0.15, 0.2) is 5.82 Å². The van der Waals surface area contributed by atoms with Crippen LogP contribution in [0.25, 0.3) is 0 Å². The zero-order chi connectivity index (χ0) is 13.8. The van der Waals surface area contributed by atoms with E-state index in [0.717, 1.165) is 31.0 Å². The van der Waals surface area contributed by atoms with Crippen LogP contribution in [0.1, 0.15) is 29.6 Å². The van der Waals surface area contributed by atoms with E-state index in [1.807, 2.05) is 11.9 Å². The lowest BCUT2D eigenvalue weighted by Crippen LogP contribution is -2.33. The summed E-state index contributed by atoms with van der Waals surface area (Å²) in [6.45, 7) is 1.54. The van der Waals surface area contributed by atoms with Gasteiger partial charge in [0.2, 0.25) is 0 Å². The van der Waals surface area contributed by atoms with Gasteiger partial charge < -0.3 is 20.1 Å². The molecule has 7 heteroatoms. The molecule has 1 aliphatic rings. The molecular weight excluding hydrogens is 266 g/mol. The molecule has 1 aromatic rings. The topological polar surface area (TPSA) is 77.7 Å². The fourth-order valence-electron chi connectivity index (χ4n) is 2.19. The summed E-state index contributed by atoms with van der Waals surface area (Å²) in [5.41, 5.74) is 6.08. The normalized spacial score (nSPS) is 19.2. The van der Waals surface area contributed by atoms with E-state index in [9.17, 15) is 4.79 Å². The molecule has 2 heterocycles. The first-order valence-corrected chi connectivity index (χ1v) is 7.07. The highest BCUT2D eigenvalue weighted by Crippen LogP contribution is 2.31. The first-order chi connectivity index (χ1) is 9.13. The van der Waals surface area contributed by atoms with Gasteiger partial charge in [0.05, 0.1) is 13.2 Å². The lowest BCUT2D eigenvalue weighted by Gasteiger charge is -2.27. The number of carbonyl (C=O) groups excluding carboxylic acids is 1. The molecule has 1 fully saturated rings. The van der Waals surface area contributed by atoms with Gasteiger partial charge in [0.1, 0.15) is 10.6 Å². The van der Waals surface area contributed by atoms with E-state index in [4.69, 9.17) is 15.2 Å². The molecule has 1 saturated heterocycles. The van der Waals surface area contributed by atoms with E-state index in [1.54, 1.807) is 0 Å². The number of nitrogen functional groups attached to an aromatic ring is 1. The average molecular weight is 285 g/mol. The molecule has 1 aliphatic heterocycles. The number of rotatable bonds is 4. The number of aromatic nitrogens is 1. The van der Waals surface area contributed by atoms with Crippen molar-refractivity contribution in [3.63, 3.8) is 0 Å². The summed E-state index contributed by atoms with van der Waals surface area (Å²) < 4.78 is 14.5. The average Bonchev–Trinajstić information content (AvgIpc) is 2.81. The molecule has 0 saturated carbocycles. The molecular formula is C12H19N3O3S. The Morgan fingerprint density at radius 1 is 1.63 bits per heavy atom. The summed E-state index contributed by atoms with van der Waals surface area (Å²) in [4.78, 5) is 13.7. The quantitative estimate of drug-likeness (QED) is 0.845. The van der Waals surface area contributed by atoms with Crippen molar-refractivity contribution in [1.29, 1.82) is 0 Å². The Morgan fingerprint density at radius 3 is 3.05 bits per heavy atom. The number of esters is 1. The van der Waals surface area contributed by atoms with E-state index in [0.29, 0.717) is 5.56 Å². The second kappa shape index (κ2) is 6.21. The van der Waals surface area contributed by atoms with Crippen molar-refractivity contribution in [1.82, 2.24) is 4.37 Å². The van der Waals surface area contributed by atoms with E-state index >= 15 is 0 Å². The zero-order valence-corrected chi connectivity index (χ0v) is 12.0. The smallest absolute Gasteiger partial charge is 0.344 e. The highest BCUT2D eigenvalue weighted by molar-refractivity contribution is 7.11. The van der Waals surface area contributed by atoms with Gasteiger partial charge in [-0.2, -0.15) is 4.37 Å². The summed E-state index contributed by atoms with van der Waals surface area (Å²) in [5, 5.41) is 0.735. The van der Waals surface area contributed by atoms with Crippen LogP contribution in [0.5, 0.6) is 0 Å². The third-order valence-electron chi connectivity index (χ3n) is 3.19. The predicted octanol–water partition coefficient (Wildman–Crippen LogP) is 1.52. The summed E-state index contributed by atoms with van der Waals surface area (Å²) in [5.74, 6) is -0.221. The minimum absolute atomic E-state index is 0.201. The molecule has 0 aliphatic carbocycles. The maximum atomic E-state index is 11.7. The molecule has 2 rings (SSSR count). The Morgan fingerprint density at radius 2 is 2.42 bits per heavy atom. The summed E-state index contributed by atoms with van der Waals surface area (Å²) in [7, 11) is 3.25. The molecule has 1 unspecified atom stereocenters. The fraction of sp³-hybridized carbons (Fsp3) is 0.667. The predicted molar refractivity (Wildman–Crippen MR) is 74.7 cm³/mol. The first-order valence-electron chi connectivity index (χ1n) is 6.29. The highest BCUT2D eigenvalue weighted by Gasteiger charge is 2.24. The number of hydrogen-bond donors (Lipinski definition) is 1. The van der Waals surface area contributed by atoms with Crippen LogP contribution in [-0.4, -0.2) is 43.8 Å². The van der Waals surface area contributed by atoms with Crippen molar-refractivity contribution in [2.45, 2.75) is 25.4 Å². The number of anilines is 2. The van der Waals surface area contributed by atoms with Crippen LogP contribution in [0.15, 0.2) is 0 Å². The van der Waals surface area contributed by atoms with Gasteiger partial charge in [-0.15, -0.1) is 0 Å². The van der Waals surface area contributed by atoms with Crippen LogP contribution in [-0.2, 0) is 9.47 Å². The van der Waals surface area contributed by atoms with Crippen LogP contribution in [0.2, 0.25) is 0 Å². The molecule has 0 amide bonds. The van der Waals surface area contributed by atoms with Crippen molar-refractivity contribution in [2.75, 3.05) is 37.9 Å². The lowest BCUT2D eigenvalue weighted by atomic mass is 10.1. The van der Waals surface area contributed by atoms with E-state index in [-0.39, 0.29) is 11.9 Å². The van der Waals surface area contributed by atoms with Gasteiger partial charge in [0, 0.05) is 20.2 Å². The number of carbonyl (C=O) groups is 1. The first kappa shape index (κ1) is 14.1. The molecule has 0 radical (unpaired) electrons. The van der Waals surface area contributed by atoms with Gasteiger partial charge >= 0.3 is 5.97 Å². The standard InChI is InChI=1S/C12H19N3O3S/c1-15(7-8-5-3-4-6-18-8)11-9(12(16)17-2)10(13)14-19-11/h8H,3-7H2,1-2H3,(H2,13,14). The molecule has 0 spiro atoms. The van der Waals surface area contributed by atoms with Crippen LogP contribution in [0, 0.1) is 0 Å². The molecule has 2 N–H and O–H groups in total. The van der Waals surface area contributed by atoms with Gasteiger partial charge in [0.25, 0.3) is 0 Å². The van der Waals surface area contributed by atoms with Crippen LogP contribution in [0.3, 0.4) is 0 Å². The Labute approximate surface area is 116 Å². The number of nitrogens with zero attached hydrogens (tertiary/aromatic N) is 2. The number of ether oxygens (including phenoxy) is 2. The van der Waals surface area contributed by atoms with Crippen molar-refractivity contribution in [2.24, 2.45) is 0 Å². The third-order valence-corrected chi connectivity index (χ3v) is 4.16. The SMILES string of the molecule is COC(=O)c1c(N)nsc1N(C)CC1CCCCO1. The maximum absolute atomic E-state index is 11.7. The molecule has 106 valence electrons. The third kappa shape index (κ3) is 3.16. The minimum atomic E-state index is -0.447. The maximum Gasteiger partial charge on any atom is 0.344 e. The minimum Gasteiger partial charge on any atom is -0.465 e. The second-order valence-electron chi connectivity index (χ2n) is 4.61. The number of methoxy groups -OCH3 is 1. The lowest BCUT2D eigenvalue weighted by molar-refractivity contribution is 0.0216. The van der Waals surface area contributed by atoms with Crippen molar-refractivity contribution in [3.8, 4) is 0 Å². The Balaban J connectivity index is 2.10. The molecule has 1 atom stereocenters. The molecule has 0 aromatic carbocycles.